The minimum Gasteiger partial charge on any atom is -0.458 e. The molecule has 0 bridgehead atoms. The van der Waals surface area contributed by atoms with E-state index in [4.69, 9.17) is 27.6 Å². The summed E-state index contributed by atoms with van der Waals surface area (Å²) in [6.07, 6.45) is 1.71. The van der Waals surface area contributed by atoms with Gasteiger partial charge in [0.1, 0.15) is 17.6 Å². The third kappa shape index (κ3) is 4.49. The summed E-state index contributed by atoms with van der Waals surface area (Å²) in [5, 5.41) is 0.945. The molecule has 35 heavy (non-hydrogen) atoms. The van der Waals surface area contributed by atoms with E-state index in [1.807, 2.05) is 30.3 Å². The second-order valence-corrected chi connectivity index (χ2v) is 10.8. The maximum absolute atomic E-state index is 13.6. The number of allylic oxidation sites excluding steroid dienone is 2. The van der Waals surface area contributed by atoms with Crippen LogP contribution in [-0.2, 0) is 4.79 Å². The van der Waals surface area contributed by atoms with E-state index in [1.165, 1.54) is 22.8 Å². The number of nitrogens with zero attached hydrogens (tertiary/aromatic N) is 2. The van der Waals surface area contributed by atoms with E-state index in [1.54, 1.807) is 37.3 Å². The van der Waals surface area contributed by atoms with Crippen LogP contribution in [0.4, 0.5) is 0 Å². The first-order valence-electron chi connectivity index (χ1n) is 10.6. The average Bonchev–Trinajstić information content (AvgIpc) is 3.40. The van der Waals surface area contributed by atoms with E-state index in [0.29, 0.717) is 47.7 Å². The number of fused-ring (bicyclic) bond motifs is 1. The van der Waals surface area contributed by atoms with Gasteiger partial charge in [-0.15, -0.1) is 0 Å². The zero-order chi connectivity index (χ0) is 24.9. The van der Waals surface area contributed by atoms with Gasteiger partial charge >= 0.3 is 0 Å². The molecule has 1 atom stereocenters. The quantitative estimate of drug-likeness (QED) is 0.287. The first-order valence-corrected chi connectivity index (χ1v) is 12.9. The number of benzene rings is 2. The van der Waals surface area contributed by atoms with Crippen molar-refractivity contribution < 1.29 is 9.21 Å². The summed E-state index contributed by atoms with van der Waals surface area (Å²) in [7, 11) is 0. The van der Waals surface area contributed by atoms with E-state index in [9.17, 15) is 9.59 Å². The molecular weight excluding hydrogens is 571 g/mol. The summed E-state index contributed by atoms with van der Waals surface area (Å²) in [6, 6.07) is 15.7. The van der Waals surface area contributed by atoms with Crippen molar-refractivity contribution in [2.24, 2.45) is 4.99 Å². The highest BCUT2D eigenvalue weighted by atomic mass is 79.9. The van der Waals surface area contributed by atoms with Gasteiger partial charge in [0.15, 0.2) is 10.6 Å². The van der Waals surface area contributed by atoms with Crippen molar-refractivity contribution in [3.05, 3.63) is 111 Å². The molecule has 0 saturated carbocycles. The second kappa shape index (κ2) is 9.39. The topological polar surface area (TPSA) is 64.6 Å². The Balaban J connectivity index is 1.69. The van der Waals surface area contributed by atoms with Crippen molar-refractivity contribution in [2.75, 3.05) is 0 Å². The fourth-order valence-electron chi connectivity index (χ4n) is 4.07. The van der Waals surface area contributed by atoms with Crippen LogP contribution in [0.1, 0.15) is 31.2 Å². The van der Waals surface area contributed by atoms with E-state index in [-0.39, 0.29) is 11.3 Å². The molecule has 176 valence electrons. The molecule has 0 spiro atoms. The Labute approximate surface area is 222 Å². The number of carbonyl (C=O) groups is 1. The minimum atomic E-state index is -0.726. The monoisotopic (exact) mass is 586 g/mol. The number of thiazole rings is 1. The lowest BCUT2D eigenvalue weighted by Gasteiger charge is -2.22. The fraction of sp³-hybridized carbons (Fsp3) is 0.115. The molecule has 5 nitrogen and oxygen atoms in total. The van der Waals surface area contributed by atoms with Gasteiger partial charge in [-0.1, -0.05) is 68.7 Å². The summed E-state index contributed by atoms with van der Waals surface area (Å²) < 4.78 is 9.12. The third-order valence-electron chi connectivity index (χ3n) is 5.68. The molecule has 9 heteroatoms. The summed E-state index contributed by atoms with van der Waals surface area (Å²) in [6.45, 7) is 3.25. The number of aromatic nitrogens is 1. The Kier molecular flexibility index (Phi) is 6.44. The van der Waals surface area contributed by atoms with Crippen molar-refractivity contribution in [3.63, 3.8) is 0 Å². The molecule has 0 N–H and O–H groups in total. The maximum Gasteiger partial charge on any atom is 0.271 e. The van der Waals surface area contributed by atoms with Crippen LogP contribution >= 0.6 is 50.5 Å². The largest absolute Gasteiger partial charge is 0.458 e. The van der Waals surface area contributed by atoms with Gasteiger partial charge in [0.2, 0.25) is 0 Å². The van der Waals surface area contributed by atoms with Gasteiger partial charge in [-0.3, -0.25) is 14.2 Å². The van der Waals surface area contributed by atoms with Crippen molar-refractivity contribution in [3.8, 4) is 11.3 Å². The van der Waals surface area contributed by atoms with Gasteiger partial charge in [-0.2, -0.15) is 0 Å². The van der Waals surface area contributed by atoms with Crippen LogP contribution in [-0.4, -0.2) is 10.4 Å². The van der Waals surface area contributed by atoms with E-state index < -0.39 is 6.04 Å². The number of ketones is 1. The number of carbonyl (C=O) groups excluding carboxylic acids is 1. The van der Waals surface area contributed by atoms with Gasteiger partial charge in [0, 0.05) is 31.4 Å². The molecule has 0 amide bonds. The van der Waals surface area contributed by atoms with E-state index >= 15 is 0 Å². The minimum absolute atomic E-state index is 0.173. The standard InChI is InChI=1S/C26H17BrCl2N2O3S/c1-13-23(14(2)32)24(21-10-9-20(34-21)15-3-6-17(27)7-4-15)31-25(33)22(35-26(31)30-13)11-16-5-8-18(28)12-19(16)29/h3-12,24H,1-2H3/b22-11+/t24-/m1/s1. The van der Waals surface area contributed by atoms with Crippen LogP contribution in [0.15, 0.2) is 84.5 Å². The smallest absolute Gasteiger partial charge is 0.271 e. The second-order valence-electron chi connectivity index (χ2n) is 8.01. The Morgan fingerprint density at radius 1 is 1.14 bits per heavy atom. The predicted molar refractivity (Wildman–Crippen MR) is 143 cm³/mol. The SMILES string of the molecule is CC(=O)C1=C(C)N=c2s/c(=C/c3ccc(Cl)cc3Cl)c(=O)n2[C@@H]1c1ccc(-c2ccc(Br)cc2)o1. The number of halogens is 3. The summed E-state index contributed by atoms with van der Waals surface area (Å²) in [5.41, 5.74) is 2.24. The Morgan fingerprint density at radius 2 is 1.89 bits per heavy atom. The molecule has 1 aliphatic heterocycles. The molecule has 1 aliphatic rings. The lowest BCUT2D eigenvalue weighted by Crippen LogP contribution is -2.39. The van der Waals surface area contributed by atoms with Crippen molar-refractivity contribution in [1.82, 2.24) is 4.57 Å². The van der Waals surface area contributed by atoms with Gasteiger partial charge in [-0.05, 0) is 61.9 Å². The van der Waals surface area contributed by atoms with E-state index in [0.717, 1.165) is 10.0 Å². The average molecular weight is 588 g/mol. The highest BCUT2D eigenvalue weighted by Crippen LogP contribution is 2.34. The molecule has 3 heterocycles. The van der Waals surface area contributed by atoms with Crippen LogP contribution in [0, 0.1) is 0 Å². The molecule has 2 aromatic carbocycles. The van der Waals surface area contributed by atoms with Crippen molar-refractivity contribution in [1.29, 1.82) is 0 Å². The number of furan rings is 1. The van der Waals surface area contributed by atoms with E-state index in [2.05, 4.69) is 20.9 Å². The van der Waals surface area contributed by atoms with Gasteiger partial charge < -0.3 is 4.42 Å². The van der Waals surface area contributed by atoms with Crippen molar-refractivity contribution in [2.45, 2.75) is 19.9 Å². The van der Waals surface area contributed by atoms with Crippen LogP contribution in [0.5, 0.6) is 0 Å². The highest BCUT2D eigenvalue weighted by Gasteiger charge is 2.33. The summed E-state index contributed by atoms with van der Waals surface area (Å²) >= 11 is 17.0. The Bertz CT molecular complexity index is 1700. The summed E-state index contributed by atoms with van der Waals surface area (Å²) in [5.74, 6) is 0.951. The normalized spacial score (nSPS) is 15.8. The van der Waals surface area contributed by atoms with Crippen LogP contribution < -0.4 is 14.9 Å². The Morgan fingerprint density at radius 3 is 2.57 bits per heavy atom. The molecule has 0 aliphatic carbocycles. The molecule has 2 aromatic heterocycles. The first-order chi connectivity index (χ1) is 16.7. The number of Topliss-reactive ketones (excluding diaryl/α,β-unsaturated/α-hetero) is 1. The Hall–Kier alpha value is -2.71. The fourth-order valence-corrected chi connectivity index (χ4v) is 5.83. The molecule has 4 aromatic rings. The maximum atomic E-state index is 13.6. The van der Waals surface area contributed by atoms with Gasteiger partial charge in [-0.25, -0.2) is 4.99 Å². The number of rotatable bonds is 4. The lowest BCUT2D eigenvalue weighted by atomic mass is 9.98. The van der Waals surface area contributed by atoms with Crippen LogP contribution in [0.3, 0.4) is 0 Å². The molecule has 5 rings (SSSR count). The van der Waals surface area contributed by atoms with Gasteiger partial charge in [0.05, 0.1) is 4.53 Å². The molecular formula is C26H17BrCl2N2O3S. The highest BCUT2D eigenvalue weighted by molar-refractivity contribution is 9.10. The zero-order valence-corrected chi connectivity index (χ0v) is 22.4. The number of hydrogen-bond donors (Lipinski definition) is 0. The van der Waals surface area contributed by atoms with Gasteiger partial charge in [0.25, 0.3) is 5.56 Å². The molecule has 0 fully saturated rings. The predicted octanol–water partition coefficient (Wildman–Crippen LogP) is 6.15. The van der Waals surface area contributed by atoms with Crippen molar-refractivity contribution >= 4 is 62.3 Å². The lowest BCUT2D eigenvalue weighted by molar-refractivity contribution is -0.114. The number of hydrogen-bond acceptors (Lipinski definition) is 5. The molecule has 0 unspecified atom stereocenters. The zero-order valence-electron chi connectivity index (χ0n) is 18.5. The third-order valence-corrected chi connectivity index (χ3v) is 7.75. The molecule has 0 saturated heterocycles. The summed E-state index contributed by atoms with van der Waals surface area (Å²) in [4.78, 5) is 31.4. The first kappa shape index (κ1) is 24.0. The molecule has 0 radical (unpaired) electrons. The van der Waals surface area contributed by atoms with Crippen LogP contribution in [0.2, 0.25) is 10.0 Å². The van der Waals surface area contributed by atoms with Crippen LogP contribution in [0.25, 0.3) is 17.4 Å².